The predicted molar refractivity (Wildman–Crippen MR) is 106 cm³/mol. The monoisotopic (exact) mass is 392 g/mol. The summed E-state index contributed by atoms with van der Waals surface area (Å²) < 4.78 is 5.20. The van der Waals surface area contributed by atoms with E-state index in [4.69, 9.17) is 4.74 Å². The topological polar surface area (TPSA) is 99.4 Å². The molecule has 0 aliphatic heterocycles. The van der Waals surface area contributed by atoms with Gasteiger partial charge in [-0.15, -0.1) is 0 Å². The number of carbonyl (C=O) groups is 2. The molecule has 0 unspecified atom stereocenters. The Morgan fingerprint density at radius 2 is 1.52 bits per heavy atom. The van der Waals surface area contributed by atoms with Crippen molar-refractivity contribution in [3.63, 3.8) is 0 Å². The number of hydrogen-bond acceptors (Lipinski definition) is 5. The van der Waals surface area contributed by atoms with Crippen molar-refractivity contribution in [2.24, 2.45) is 0 Å². The van der Waals surface area contributed by atoms with Gasteiger partial charge < -0.3 is 15.2 Å². The predicted octanol–water partition coefficient (Wildman–Crippen LogP) is 2.81. The summed E-state index contributed by atoms with van der Waals surface area (Å²) in [5.41, 5.74) is -2.26. The Bertz CT molecular complexity index is 845. The van der Waals surface area contributed by atoms with Crippen LogP contribution in [0.2, 0.25) is 0 Å². The van der Waals surface area contributed by atoms with Crippen molar-refractivity contribution in [1.82, 2.24) is 5.32 Å². The summed E-state index contributed by atoms with van der Waals surface area (Å²) in [6.07, 6.45) is 3.95. The highest BCUT2D eigenvalue weighted by Crippen LogP contribution is 2.31. The van der Waals surface area contributed by atoms with E-state index in [2.05, 4.69) is 11.4 Å². The first-order chi connectivity index (χ1) is 14.0. The van der Waals surface area contributed by atoms with Crippen LogP contribution in [0.3, 0.4) is 0 Å². The lowest BCUT2D eigenvalue weighted by Crippen LogP contribution is -2.50. The minimum absolute atomic E-state index is 0.345. The molecule has 1 saturated carbocycles. The molecule has 150 valence electrons. The molecule has 0 bridgehead atoms. The number of benzene rings is 2. The first-order valence-electron chi connectivity index (χ1n) is 9.73. The summed E-state index contributed by atoms with van der Waals surface area (Å²) >= 11 is 0. The molecule has 0 saturated heterocycles. The SMILES string of the molecule is N#CC1(NC(=O)COC(=O)C(O)(c2ccccc2)c2ccccc2)CCCCC1. The average molecular weight is 392 g/mol. The number of aliphatic hydroxyl groups is 1. The van der Waals surface area contributed by atoms with Crippen molar-refractivity contribution in [2.75, 3.05) is 6.61 Å². The molecular formula is C23H24N2O4. The van der Waals surface area contributed by atoms with Crippen LogP contribution in [-0.4, -0.2) is 29.1 Å². The van der Waals surface area contributed by atoms with E-state index in [0.717, 1.165) is 19.3 Å². The van der Waals surface area contributed by atoms with E-state index in [1.165, 1.54) is 0 Å². The number of hydrogen-bond donors (Lipinski definition) is 2. The second-order valence-electron chi connectivity index (χ2n) is 7.32. The van der Waals surface area contributed by atoms with Crippen molar-refractivity contribution >= 4 is 11.9 Å². The van der Waals surface area contributed by atoms with Crippen molar-refractivity contribution in [1.29, 1.82) is 5.26 Å². The Labute approximate surface area is 170 Å². The number of carbonyl (C=O) groups excluding carboxylic acids is 2. The van der Waals surface area contributed by atoms with E-state index in [1.807, 2.05) is 0 Å². The molecule has 0 heterocycles. The van der Waals surface area contributed by atoms with Crippen LogP contribution in [0.4, 0.5) is 0 Å². The van der Waals surface area contributed by atoms with Crippen LogP contribution < -0.4 is 5.32 Å². The quantitative estimate of drug-likeness (QED) is 0.737. The molecule has 3 rings (SSSR count). The summed E-state index contributed by atoms with van der Waals surface area (Å²) in [5.74, 6) is -1.50. The van der Waals surface area contributed by atoms with Gasteiger partial charge in [-0.3, -0.25) is 4.79 Å². The minimum atomic E-state index is -2.04. The van der Waals surface area contributed by atoms with E-state index in [1.54, 1.807) is 60.7 Å². The smallest absolute Gasteiger partial charge is 0.348 e. The fourth-order valence-electron chi connectivity index (χ4n) is 3.72. The van der Waals surface area contributed by atoms with Crippen molar-refractivity contribution in [3.05, 3.63) is 71.8 Å². The second-order valence-corrected chi connectivity index (χ2v) is 7.32. The lowest BCUT2D eigenvalue weighted by molar-refractivity contribution is -0.164. The zero-order chi connectivity index (χ0) is 20.7. The van der Waals surface area contributed by atoms with Crippen LogP contribution in [-0.2, 0) is 19.9 Å². The molecule has 1 aliphatic rings. The van der Waals surface area contributed by atoms with Crippen LogP contribution in [0.15, 0.2) is 60.7 Å². The maximum Gasteiger partial charge on any atom is 0.348 e. The van der Waals surface area contributed by atoms with E-state index >= 15 is 0 Å². The molecule has 0 aromatic heterocycles. The fourth-order valence-corrected chi connectivity index (χ4v) is 3.72. The highest BCUT2D eigenvalue weighted by Gasteiger charge is 2.42. The van der Waals surface area contributed by atoms with Crippen LogP contribution in [0.25, 0.3) is 0 Å². The molecule has 0 atom stereocenters. The normalized spacial score (nSPS) is 15.7. The van der Waals surface area contributed by atoms with Gasteiger partial charge in [-0.1, -0.05) is 79.9 Å². The number of esters is 1. The number of nitriles is 1. The molecule has 2 N–H and O–H groups in total. The lowest BCUT2D eigenvalue weighted by Gasteiger charge is -2.31. The van der Waals surface area contributed by atoms with Gasteiger partial charge in [-0.25, -0.2) is 4.79 Å². The Morgan fingerprint density at radius 3 is 2.00 bits per heavy atom. The van der Waals surface area contributed by atoms with Crippen molar-refractivity contribution < 1.29 is 19.4 Å². The average Bonchev–Trinajstić information content (AvgIpc) is 2.78. The van der Waals surface area contributed by atoms with Crippen molar-refractivity contribution in [2.45, 2.75) is 43.2 Å². The van der Waals surface area contributed by atoms with Gasteiger partial charge in [0.25, 0.3) is 5.91 Å². The van der Waals surface area contributed by atoms with Gasteiger partial charge in [0, 0.05) is 0 Å². The molecule has 1 aliphatic carbocycles. The molecule has 6 nitrogen and oxygen atoms in total. The molecular weight excluding hydrogens is 368 g/mol. The minimum Gasteiger partial charge on any atom is -0.453 e. The van der Waals surface area contributed by atoms with Crippen LogP contribution in [0.5, 0.6) is 0 Å². The van der Waals surface area contributed by atoms with E-state index in [9.17, 15) is 20.0 Å². The number of ether oxygens (including phenoxy) is 1. The molecule has 1 fully saturated rings. The summed E-state index contributed by atoms with van der Waals surface area (Å²) in [6, 6.07) is 19.1. The van der Waals surface area contributed by atoms with E-state index < -0.39 is 29.6 Å². The first kappa shape index (κ1) is 20.6. The second kappa shape index (κ2) is 8.89. The first-order valence-corrected chi connectivity index (χ1v) is 9.73. The molecule has 1 amide bonds. The summed E-state index contributed by atoms with van der Waals surface area (Å²) in [4.78, 5) is 25.3. The van der Waals surface area contributed by atoms with Crippen LogP contribution >= 0.6 is 0 Å². The summed E-state index contributed by atoms with van der Waals surface area (Å²) in [5, 5.41) is 23.5. The highest BCUT2D eigenvalue weighted by atomic mass is 16.6. The van der Waals surface area contributed by atoms with Gasteiger partial charge >= 0.3 is 5.97 Å². The third-order valence-corrected chi connectivity index (χ3v) is 5.31. The van der Waals surface area contributed by atoms with Gasteiger partial charge in [0.2, 0.25) is 5.60 Å². The van der Waals surface area contributed by atoms with Crippen LogP contribution in [0, 0.1) is 11.3 Å². The Balaban J connectivity index is 1.74. The molecule has 2 aromatic carbocycles. The number of amides is 1. The summed E-state index contributed by atoms with van der Waals surface area (Å²) in [6.45, 7) is -0.565. The largest absolute Gasteiger partial charge is 0.453 e. The standard InChI is InChI=1S/C23H24N2O4/c24-17-22(14-8-3-9-15-22)25-20(26)16-29-21(27)23(28,18-10-4-1-5-11-18)19-12-6-2-7-13-19/h1-2,4-7,10-13,28H,3,8-9,14-16H2,(H,25,26). The van der Waals surface area contributed by atoms with Crippen molar-refractivity contribution in [3.8, 4) is 6.07 Å². The third-order valence-electron chi connectivity index (χ3n) is 5.31. The zero-order valence-electron chi connectivity index (χ0n) is 16.1. The van der Waals surface area contributed by atoms with Gasteiger partial charge in [0.05, 0.1) is 6.07 Å². The number of rotatable bonds is 6. The molecule has 29 heavy (non-hydrogen) atoms. The van der Waals surface area contributed by atoms with Gasteiger partial charge in [0.1, 0.15) is 5.54 Å². The maximum atomic E-state index is 12.9. The Hall–Kier alpha value is -3.17. The zero-order valence-corrected chi connectivity index (χ0v) is 16.1. The number of nitrogens with zero attached hydrogens (tertiary/aromatic N) is 1. The van der Waals surface area contributed by atoms with Gasteiger partial charge in [-0.05, 0) is 24.0 Å². The molecule has 0 spiro atoms. The highest BCUT2D eigenvalue weighted by molar-refractivity contribution is 5.88. The molecule has 6 heteroatoms. The van der Waals surface area contributed by atoms with Gasteiger partial charge in [-0.2, -0.15) is 5.26 Å². The summed E-state index contributed by atoms with van der Waals surface area (Å²) in [7, 11) is 0. The third kappa shape index (κ3) is 4.47. The number of nitrogens with one attached hydrogen (secondary N) is 1. The lowest BCUT2D eigenvalue weighted by atomic mass is 9.83. The van der Waals surface area contributed by atoms with Gasteiger partial charge in [0.15, 0.2) is 6.61 Å². The van der Waals surface area contributed by atoms with E-state index in [-0.39, 0.29) is 0 Å². The Kier molecular flexibility index (Phi) is 6.30. The maximum absolute atomic E-state index is 12.9. The van der Waals surface area contributed by atoms with Crippen LogP contribution in [0.1, 0.15) is 43.2 Å². The van der Waals surface area contributed by atoms with E-state index in [0.29, 0.717) is 24.0 Å². The molecule has 0 radical (unpaired) electrons. The fraction of sp³-hybridized carbons (Fsp3) is 0.348. The Morgan fingerprint density at radius 1 is 1.00 bits per heavy atom. The molecule has 2 aromatic rings.